The third kappa shape index (κ3) is 2.18. The molecule has 0 bridgehead atoms. The summed E-state index contributed by atoms with van der Waals surface area (Å²) >= 11 is 0. The summed E-state index contributed by atoms with van der Waals surface area (Å²) in [6.45, 7) is 0.398. The predicted molar refractivity (Wildman–Crippen MR) is 73.7 cm³/mol. The van der Waals surface area contributed by atoms with Crippen LogP contribution in [0.1, 0.15) is 16.3 Å². The summed E-state index contributed by atoms with van der Waals surface area (Å²) in [5.74, 6) is 0.318. The molecular formula is C14H12N4O2. The highest BCUT2D eigenvalue weighted by Gasteiger charge is 2.15. The molecule has 6 heteroatoms. The quantitative estimate of drug-likeness (QED) is 0.757. The van der Waals surface area contributed by atoms with Gasteiger partial charge in [0.1, 0.15) is 11.6 Å². The molecule has 0 saturated carbocycles. The number of aromatic nitrogens is 3. The van der Waals surface area contributed by atoms with Crippen LogP contribution >= 0.6 is 0 Å². The minimum atomic E-state index is -1.03. The molecule has 0 aliphatic rings. The molecule has 0 unspecified atom stereocenters. The number of rotatable bonds is 4. The monoisotopic (exact) mass is 268 g/mol. The fourth-order valence-electron chi connectivity index (χ4n) is 2.02. The summed E-state index contributed by atoms with van der Waals surface area (Å²) in [4.78, 5) is 19.5. The lowest BCUT2D eigenvalue weighted by molar-refractivity contribution is 0.0693. The number of imidazole rings is 1. The Balaban J connectivity index is 1.94. The Bertz CT molecular complexity index is 752. The van der Waals surface area contributed by atoms with Gasteiger partial charge in [-0.25, -0.2) is 14.8 Å². The van der Waals surface area contributed by atoms with E-state index >= 15 is 0 Å². The Morgan fingerprint density at radius 3 is 2.85 bits per heavy atom. The number of nitrogens with zero attached hydrogens (tertiary/aromatic N) is 3. The zero-order chi connectivity index (χ0) is 13.9. The van der Waals surface area contributed by atoms with Crippen molar-refractivity contribution in [3.8, 4) is 0 Å². The van der Waals surface area contributed by atoms with Crippen LogP contribution in [0, 0.1) is 0 Å². The molecular weight excluding hydrogens is 256 g/mol. The second-order valence-corrected chi connectivity index (χ2v) is 4.21. The number of carbonyl (C=O) groups is 1. The SMILES string of the molecule is O=C(O)c1nc(CNc2ccccn2)n2ccccc12. The number of nitrogens with one attached hydrogen (secondary N) is 1. The van der Waals surface area contributed by atoms with Crippen LogP contribution in [0.2, 0.25) is 0 Å². The number of anilines is 1. The van der Waals surface area contributed by atoms with E-state index in [-0.39, 0.29) is 5.69 Å². The molecule has 3 aromatic rings. The summed E-state index contributed by atoms with van der Waals surface area (Å²) in [6, 6.07) is 10.9. The van der Waals surface area contributed by atoms with Gasteiger partial charge in [-0.15, -0.1) is 0 Å². The van der Waals surface area contributed by atoms with Crippen LogP contribution in [0.15, 0.2) is 48.8 Å². The standard InChI is InChI=1S/C14H12N4O2/c19-14(20)13-10-5-2-4-8-18(10)12(17-13)9-16-11-6-1-3-7-15-11/h1-8H,9H2,(H,15,16)(H,19,20). The molecule has 0 fully saturated rings. The smallest absolute Gasteiger partial charge is 0.356 e. The predicted octanol–water partition coefficient (Wildman–Crippen LogP) is 2.04. The average molecular weight is 268 g/mol. The highest BCUT2D eigenvalue weighted by molar-refractivity contribution is 5.93. The lowest BCUT2D eigenvalue weighted by atomic mass is 10.3. The number of aromatic carboxylic acids is 1. The topological polar surface area (TPSA) is 79.5 Å². The lowest BCUT2D eigenvalue weighted by Gasteiger charge is -2.04. The summed E-state index contributed by atoms with van der Waals surface area (Å²) in [5, 5.41) is 12.3. The van der Waals surface area contributed by atoms with Crippen molar-refractivity contribution in [2.75, 3.05) is 5.32 Å². The molecule has 0 aromatic carbocycles. The maximum atomic E-state index is 11.2. The Morgan fingerprint density at radius 2 is 2.10 bits per heavy atom. The van der Waals surface area contributed by atoms with Crippen LogP contribution in [0.3, 0.4) is 0 Å². The van der Waals surface area contributed by atoms with Gasteiger partial charge in [0.25, 0.3) is 0 Å². The van der Waals surface area contributed by atoms with Gasteiger partial charge in [-0.1, -0.05) is 12.1 Å². The van der Waals surface area contributed by atoms with Crippen molar-refractivity contribution >= 4 is 17.3 Å². The summed E-state index contributed by atoms with van der Waals surface area (Å²) < 4.78 is 1.76. The maximum absolute atomic E-state index is 11.2. The van der Waals surface area contributed by atoms with Crippen LogP contribution in [-0.4, -0.2) is 25.4 Å². The molecule has 2 N–H and O–H groups in total. The fourth-order valence-corrected chi connectivity index (χ4v) is 2.02. The van der Waals surface area contributed by atoms with Crippen LogP contribution < -0.4 is 5.32 Å². The number of pyridine rings is 2. The first kappa shape index (κ1) is 12.2. The van der Waals surface area contributed by atoms with Gasteiger partial charge in [0.05, 0.1) is 12.1 Å². The third-order valence-corrected chi connectivity index (χ3v) is 2.92. The third-order valence-electron chi connectivity index (χ3n) is 2.92. The summed E-state index contributed by atoms with van der Waals surface area (Å²) in [5.41, 5.74) is 0.640. The zero-order valence-corrected chi connectivity index (χ0v) is 10.5. The Hall–Kier alpha value is -2.89. The van der Waals surface area contributed by atoms with E-state index in [1.54, 1.807) is 28.9 Å². The minimum Gasteiger partial charge on any atom is -0.476 e. The minimum absolute atomic E-state index is 0.0587. The number of fused-ring (bicyclic) bond motifs is 1. The van der Waals surface area contributed by atoms with Gasteiger partial charge in [-0.3, -0.25) is 0 Å². The molecule has 0 saturated heterocycles. The number of hydrogen-bond acceptors (Lipinski definition) is 4. The molecule has 3 aromatic heterocycles. The van der Waals surface area contributed by atoms with Gasteiger partial charge < -0.3 is 14.8 Å². The number of hydrogen-bond donors (Lipinski definition) is 2. The van der Waals surface area contributed by atoms with Gasteiger partial charge in [-0.2, -0.15) is 0 Å². The molecule has 20 heavy (non-hydrogen) atoms. The molecule has 6 nitrogen and oxygen atoms in total. The molecule has 0 amide bonds. The molecule has 0 atom stereocenters. The number of carboxylic acid groups (broad SMARTS) is 1. The molecule has 0 spiro atoms. The molecule has 100 valence electrons. The van der Waals surface area contributed by atoms with Crippen molar-refractivity contribution in [2.24, 2.45) is 0 Å². The second kappa shape index (κ2) is 5.00. The van der Waals surface area contributed by atoms with E-state index in [2.05, 4.69) is 15.3 Å². The van der Waals surface area contributed by atoms with Crippen molar-refractivity contribution < 1.29 is 9.90 Å². The maximum Gasteiger partial charge on any atom is 0.356 e. The average Bonchev–Trinajstić information content (AvgIpc) is 2.85. The van der Waals surface area contributed by atoms with Gasteiger partial charge in [0, 0.05) is 12.4 Å². The van der Waals surface area contributed by atoms with Gasteiger partial charge in [0.2, 0.25) is 0 Å². The summed E-state index contributed by atoms with van der Waals surface area (Å²) in [7, 11) is 0. The van der Waals surface area contributed by atoms with Crippen molar-refractivity contribution in [1.29, 1.82) is 0 Å². The zero-order valence-electron chi connectivity index (χ0n) is 10.5. The normalized spacial score (nSPS) is 10.6. The first-order valence-corrected chi connectivity index (χ1v) is 6.10. The highest BCUT2D eigenvalue weighted by atomic mass is 16.4. The molecule has 0 radical (unpaired) electrons. The van der Waals surface area contributed by atoms with E-state index in [0.29, 0.717) is 17.9 Å². The van der Waals surface area contributed by atoms with E-state index < -0.39 is 5.97 Å². The van der Waals surface area contributed by atoms with Crippen LogP contribution in [0.25, 0.3) is 5.52 Å². The van der Waals surface area contributed by atoms with Crippen molar-refractivity contribution in [3.63, 3.8) is 0 Å². The van der Waals surface area contributed by atoms with Crippen LogP contribution in [-0.2, 0) is 6.54 Å². The van der Waals surface area contributed by atoms with Gasteiger partial charge >= 0.3 is 5.97 Å². The molecule has 3 heterocycles. The first-order valence-electron chi connectivity index (χ1n) is 6.10. The van der Waals surface area contributed by atoms with Gasteiger partial charge in [0.15, 0.2) is 5.69 Å². The van der Waals surface area contributed by atoms with Crippen LogP contribution in [0.4, 0.5) is 5.82 Å². The van der Waals surface area contributed by atoms with E-state index in [1.807, 2.05) is 24.3 Å². The second-order valence-electron chi connectivity index (χ2n) is 4.21. The lowest BCUT2D eigenvalue weighted by Crippen LogP contribution is -2.05. The van der Waals surface area contributed by atoms with E-state index in [0.717, 1.165) is 5.82 Å². The largest absolute Gasteiger partial charge is 0.476 e. The van der Waals surface area contributed by atoms with Crippen molar-refractivity contribution in [3.05, 3.63) is 60.3 Å². The highest BCUT2D eigenvalue weighted by Crippen LogP contribution is 2.14. The van der Waals surface area contributed by atoms with E-state index in [4.69, 9.17) is 0 Å². The number of carboxylic acids is 1. The molecule has 0 aliphatic carbocycles. The first-order chi connectivity index (χ1) is 9.75. The Kier molecular flexibility index (Phi) is 3.04. The van der Waals surface area contributed by atoms with E-state index in [1.165, 1.54) is 0 Å². The van der Waals surface area contributed by atoms with Crippen molar-refractivity contribution in [1.82, 2.24) is 14.4 Å². The van der Waals surface area contributed by atoms with Crippen LogP contribution in [0.5, 0.6) is 0 Å². The Labute approximate surface area is 114 Å². The van der Waals surface area contributed by atoms with Gasteiger partial charge in [-0.05, 0) is 24.3 Å². The molecule has 0 aliphatic heterocycles. The Morgan fingerprint density at radius 1 is 1.25 bits per heavy atom. The van der Waals surface area contributed by atoms with E-state index in [9.17, 15) is 9.90 Å². The molecule has 3 rings (SSSR count). The fraction of sp³-hybridized carbons (Fsp3) is 0.0714. The van der Waals surface area contributed by atoms with Crippen molar-refractivity contribution in [2.45, 2.75) is 6.54 Å². The summed E-state index contributed by atoms with van der Waals surface area (Å²) in [6.07, 6.45) is 3.49.